The average molecular weight is 274 g/mol. The third-order valence-electron chi connectivity index (χ3n) is 3.02. The van der Waals surface area contributed by atoms with E-state index in [4.69, 9.17) is 0 Å². The van der Waals surface area contributed by atoms with E-state index in [0.717, 1.165) is 29.2 Å². The SMILES string of the molecule is Cc1cc(C[C@@H](C)Nc2ncc(C)c(N(C)C)n2)n[nH]1. The smallest absolute Gasteiger partial charge is 0.224 e. The van der Waals surface area contributed by atoms with E-state index >= 15 is 0 Å². The van der Waals surface area contributed by atoms with E-state index in [-0.39, 0.29) is 6.04 Å². The summed E-state index contributed by atoms with van der Waals surface area (Å²) < 4.78 is 0. The van der Waals surface area contributed by atoms with E-state index in [1.807, 2.05) is 39.0 Å². The van der Waals surface area contributed by atoms with Crippen molar-refractivity contribution in [1.29, 1.82) is 0 Å². The highest BCUT2D eigenvalue weighted by atomic mass is 15.2. The average Bonchev–Trinajstić information content (AvgIpc) is 2.76. The molecule has 2 aromatic heterocycles. The lowest BCUT2D eigenvalue weighted by molar-refractivity contribution is 0.753. The summed E-state index contributed by atoms with van der Waals surface area (Å²) in [6.07, 6.45) is 2.68. The van der Waals surface area contributed by atoms with E-state index in [9.17, 15) is 0 Å². The maximum Gasteiger partial charge on any atom is 0.224 e. The normalized spacial score (nSPS) is 12.2. The third-order valence-corrected chi connectivity index (χ3v) is 3.02. The van der Waals surface area contributed by atoms with Gasteiger partial charge in [-0.15, -0.1) is 0 Å². The monoisotopic (exact) mass is 274 g/mol. The molecule has 108 valence electrons. The van der Waals surface area contributed by atoms with Crippen molar-refractivity contribution in [3.63, 3.8) is 0 Å². The molecule has 1 atom stereocenters. The van der Waals surface area contributed by atoms with Crippen LogP contribution in [0.3, 0.4) is 0 Å². The Bertz CT molecular complexity index is 575. The van der Waals surface area contributed by atoms with Crippen molar-refractivity contribution in [2.45, 2.75) is 33.2 Å². The molecule has 0 aliphatic heterocycles. The molecule has 0 spiro atoms. The summed E-state index contributed by atoms with van der Waals surface area (Å²) in [5, 5.41) is 10.5. The van der Waals surface area contributed by atoms with Gasteiger partial charge < -0.3 is 10.2 Å². The number of hydrogen-bond donors (Lipinski definition) is 2. The minimum absolute atomic E-state index is 0.218. The molecule has 0 aliphatic carbocycles. The van der Waals surface area contributed by atoms with Gasteiger partial charge in [0.05, 0.1) is 5.69 Å². The Morgan fingerprint density at radius 1 is 1.35 bits per heavy atom. The molecule has 2 heterocycles. The maximum atomic E-state index is 4.53. The summed E-state index contributed by atoms with van der Waals surface area (Å²) in [4.78, 5) is 10.9. The van der Waals surface area contributed by atoms with Gasteiger partial charge in [-0.3, -0.25) is 5.10 Å². The van der Waals surface area contributed by atoms with Crippen LogP contribution in [0.4, 0.5) is 11.8 Å². The van der Waals surface area contributed by atoms with E-state index in [2.05, 4.69) is 38.5 Å². The maximum absolute atomic E-state index is 4.53. The van der Waals surface area contributed by atoms with Gasteiger partial charge in [-0.1, -0.05) is 0 Å². The Labute approximate surface area is 119 Å². The molecule has 0 aromatic carbocycles. The first-order valence-electron chi connectivity index (χ1n) is 6.74. The summed E-state index contributed by atoms with van der Waals surface area (Å²) in [5.74, 6) is 1.59. The van der Waals surface area contributed by atoms with Crippen molar-refractivity contribution in [2.24, 2.45) is 0 Å². The number of aryl methyl sites for hydroxylation is 2. The number of hydrogen-bond acceptors (Lipinski definition) is 5. The van der Waals surface area contributed by atoms with Crippen molar-refractivity contribution in [1.82, 2.24) is 20.2 Å². The highest BCUT2D eigenvalue weighted by Gasteiger charge is 2.10. The molecule has 6 heteroatoms. The van der Waals surface area contributed by atoms with Gasteiger partial charge >= 0.3 is 0 Å². The molecule has 2 rings (SSSR count). The Balaban J connectivity index is 2.04. The van der Waals surface area contributed by atoms with Gasteiger partial charge in [0.2, 0.25) is 5.95 Å². The molecule has 0 saturated heterocycles. The predicted octanol–water partition coefficient (Wildman–Crippen LogP) is 1.93. The van der Waals surface area contributed by atoms with E-state index in [1.165, 1.54) is 0 Å². The van der Waals surface area contributed by atoms with Gasteiger partial charge in [0.1, 0.15) is 5.82 Å². The number of aromatic amines is 1. The molecule has 2 N–H and O–H groups in total. The van der Waals surface area contributed by atoms with Crippen molar-refractivity contribution in [3.8, 4) is 0 Å². The topological polar surface area (TPSA) is 69.7 Å². The molecule has 0 bridgehead atoms. The lowest BCUT2D eigenvalue weighted by Crippen LogP contribution is -2.21. The van der Waals surface area contributed by atoms with E-state index in [1.54, 1.807) is 0 Å². The Hall–Kier alpha value is -2.11. The fraction of sp³-hybridized carbons (Fsp3) is 0.500. The second-order valence-electron chi connectivity index (χ2n) is 5.39. The Morgan fingerprint density at radius 2 is 2.10 bits per heavy atom. The molecule has 0 radical (unpaired) electrons. The Kier molecular flexibility index (Phi) is 4.22. The quantitative estimate of drug-likeness (QED) is 0.872. The molecule has 0 aliphatic rings. The summed E-state index contributed by atoms with van der Waals surface area (Å²) in [6.45, 7) is 6.11. The van der Waals surface area contributed by atoms with Crippen LogP contribution in [0.25, 0.3) is 0 Å². The fourth-order valence-electron chi connectivity index (χ4n) is 2.12. The van der Waals surface area contributed by atoms with Gasteiger partial charge in [-0.2, -0.15) is 10.1 Å². The number of anilines is 2. The van der Waals surface area contributed by atoms with Crippen LogP contribution < -0.4 is 10.2 Å². The van der Waals surface area contributed by atoms with E-state index < -0.39 is 0 Å². The summed E-state index contributed by atoms with van der Waals surface area (Å²) in [5.41, 5.74) is 3.19. The van der Waals surface area contributed by atoms with E-state index in [0.29, 0.717) is 5.95 Å². The predicted molar refractivity (Wildman–Crippen MR) is 81.2 cm³/mol. The summed E-state index contributed by atoms with van der Waals surface area (Å²) in [7, 11) is 3.96. The van der Waals surface area contributed by atoms with Crippen LogP contribution in [0.2, 0.25) is 0 Å². The zero-order chi connectivity index (χ0) is 14.7. The highest BCUT2D eigenvalue weighted by Crippen LogP contribution is 2.16. The molecular formula is C14H22N6. The second kappa shape index (κ2) is 5.90. The lowest BCUT2D eigenvalue weighted by atomic mass is 10.2. The molecule has 2 aromatic rings. The number of H-pyrrole nitrogens is 1. The number of nitrogens with one attached hydrogen (secondary N) is 2. The lowest BCUT2D eigenvalue weighted by Gasteiger charge is -2.17. The first kappa shape index (κ1) is 14.3. The molecule has 20 heavy (non-hydrogen) atoms. The molecule has 6 nitrogen and oxygen atoms in total. The molecule has 0 fully saturated rings. The van der Waals surface area contributed by atoms with Crippen LogP contribution in [0.1, 0.15) is 23.9 Å². The van der Waals surface area contributed by atoms with Gasteiger partial charge in [0.15, 0.2) is 0 Å². The second-order valence-corrected chi connectivity index (χ2v) is 5.39. The standard InChI is InChI=1S/C14H22N6/c1-9-8-15-14(17-13(9)20(4)5)16-10(2)6-12-7-11(3)18-19-12/h7-8,10H,6H2,1-5H3,(H,18,19)(H,15,16,17)/t10-/m1/s1. The molecular weight excluding hydrogens is 252 g/mol. The van der Waals surface area contributed by atoms with Crippen LogP contribution >= 0.6 is 0 Å². The molecule has 0 unspecified atom stereocenters. The van der Waals surface area contributed by atoms with Gasteiger partial charge in [-0.05, 0) is 26.8 Å². The summed E-state index contributed by atoms with van der Waals surface area (Å²) in [6, 6.07) is 2.27. The number of aromatic nitrogens is 4. The fourth-order valence-corrected chi connectivity index (χ4v) is 2.12. The largest absolute Gasteiger partial charge is 0.362 e. The minimum Gasteiger partial charge on any atom is -0.362 e. The first-order chi connectivity index (χ1) is 9.45. The van der Waals surface area contributed by atoms with Crippen LogP contribution in [-0.4, -0.2) is 40.3 Å². The number of rotatable bonds is 5. The van der Waals surface area contributed by atoms with Crippen molar-refractivity contribution < 1.29 is 0 Å². The first-order valence-corrected chi connectivity index (χ1v) is 6.74. The zero-order valence-corrected chi connectivity index (χ0v) is 12.7. The van der Waals surface area contributed by atoms with Crippen molar-refractivity contribution in [2.75, 3.05) is 24.3 Å². The Morgan fingerprint density at radius 3 is 2.70 bits per heavy atom. The van der Waals surface area contributed by atoms with Crippen molar-refractivity contribution in [3.05, 3.63) is 29.2 Å². The highest BCUT2D eigenvalue weighted by molar-refractivity contribution is 5.47. The van der Waals surface area contributed by atoms with Crippen LogP contribution in [0.15, 0.2) is 12.3 Å². The molecule has 0 saturated carbocycles. The summed E-state index contributed by atoms with van der Waals surface area (Å²) >= 11 is 0. The van der Waals surface area contributed by atoms with Crippen LogP contribution in [0, 0.1) is 13.8 Å². The zero-order valence-electron chi connectivity index (χ0n) is 12.7. The molecule has 0 amide bonds. The third kappa shape index (κ3) is 3.46. The number of nitrogens with zero attached hydrogens (tertiary/aromatic N) is 4. The van der Waals surface area contributed by atoms with Gasteiger partial charge in [-0.25, -0.2) is 4.98 Å². The van der Waals surface area contributed by atoms with Gasteiger partial charge in [0.25, 0.3) is 0 Å². The minimum atomic E-state index is 0.218. The van der Waals surface area contributed by atoms with Crippen LogP contribution in [0.5, 0.6) is 0 Å². The van der Waals surface area contributed by atoms with Crippen LogP contribution in [-0.2, 0) is 6.42 Å². The van der Waals surface area contributed by atoms with Crippen molar-refractivity contribution >= 4 is 11.8 Å². The van der Waals surface area contributed by atoms with Gasteiger partial charge in [0, 0.05) is 44.0 Å².